The molecule has 1 heterocycles. The van der Waals surface area contributed by atoms with Crippen LogP contribution in [0.3, 0.4) is 0 Å². The molecule has 0 unspecified atom stereocenters. The Bertz CT molecular complexity index is 496. The Balaban J connectivity index is 2.14. The molecule has 0 spiro atoms. The topological polar surface area (TPSA) is 52.6 Å². The van der Waals surface area contributed by atoms with Gasteiger partial charge in [0.05, 0.1) is 20.3 Å². The average Bonchev–Trinajstić information content (AvgIpc) is 2.49. The summed E-state index contributed by atoms with van der Waals surface area (Å²) in [6.07, 6.45) is 4.28. The number of ketones is 1. The van der Waals surface area contributed by atoms with E-state index in [0.717, 1.165) is 5.56 Å². The first kappa shape index (κ1) is 14.5. The SMILES string of the molecule is COC(=O)[C@@]1(C/C=C/c2ccccc2)COCCC1=O. The molecular formula is C16H18O4. The van der Waals surface area contributed by atoms with Crippen molar-refractivity contribution in [2.45, 2.75) is 12.8 Å². The molecular weight excluding hydrogens is 256 g/mol. The summed E-state index contributed by atoms with van der Waals surface area (Å²) in [6.45, 7) is 0.470. The number of hydrogen-bond acceptors (Lipinski definition) is 4. The summed E-state index contributed by atoms with van der Waals surface area (Å²) < 4.78 is 10.1. The van der Waals surface area contributed by atoms with Crippen molar-refractivity contribution in [1.82, 2.24) is 0 Å². The number of carbonyl (C=O) groups is 2. The van der Waals surface area contributed by atoms with Crippen molar-refractivity contribution >= 4 is 17.8 Å². The third kappa shape index (κ3) is 2.96. The van der Waals surface area contributed by atoms with Crippen LogP contribution in [0.15, 0.2) is 36.4 Å². The number of Topliss-reactive ketones (excluding diaryl/α,β-unsaturated/α-hetero) is 1. The molecule has 0 aliphatic carbocycles. The van der Waals surface area contributed by atoms with Crippen LogP contribution in [0, 0.1) is 5.41 Å². The van der Waals surface area contributed by atoms with Crippen LogP contribution in [0.1, 0.15) is 18.4 Å². The largest absolute Gasteiger partial charge is 0.468 e. The van der Waals surface area contributed by atoms with Crippen molar-refractivity contribution in [1.29, 1.82) is 0 Å². The number of benzene rings is 1. The highest BCUT2D eigenvalue weighted by atomic mass is 16.5. The summed E-state index contributed by atoms with van der Waals surface area (Å²) in [5, 5.41) is 0. The van der Waals surface area contributed by atoms with Gasteiger partial charge in [-0.3, -0.25) is 9.59 Å². The second kappa shape index (κ2) is 6.48. The zero-order valence-electron chi connectivity index (χ0n) is 11.5. The minimum Gasteiger partial charge on any atom is -0.468 e. The highest BCUT2D eigenvalue weighted by Gasteiger charge is 2.47. The first-order valence-electron chi connectivity index (χ1n) is 6.60. The molecule has 4 heteroatoms. The molecule has 20 heavy (non-hydrogen) atoms. The van der Waals surface area contributed by atoms with E-state index in [1.54, 1.807) is 0 Å². The summed E-state index contributed by atoms with van der Waals surface area (Å²) >= 11 is 0. The normalized spacial score (nSPS) is 22.9. The van der Waals surface area contributed by atoms with Gasteiger partial charge < -0.3 is 9.47 Å². The Hall–Kier alpha value is -1.94. The highest BCUT2D eigenvalue weighted by Crippen LogP contribution is 2.31. The third-order valence-corrected chi connectivity index (χ3v) is 3.51. The van der Waals surface area contributed by atoms with Crippen molar-refractivity contribution in [2.24, 2.45) is 5.41 Å². The van der Waals surface area contributed by atoms with Crippen molar-refractivity contribution in [3.8, 4) is 0 Å². The van der Waals surface area contributed by atoms with E-state index in [1.165, 1.54) is 7.11 Å². The molecule has 4 nitrogen and oxygen atoms in total. The van der Waals surface area contributed by atoms with E-state index in [-0.39, 0.29) is 18.8 Å². The number of esters is 1. The molecule has 0 saturated carbocycles. The zero-order valence-corrected chi connectivity index (χ0v) is 11.5. The van der Waals surface area contributed by atoms with Crippen LogP contribution in [0.25, 0.3) is 6.08 Å². The first-order valence-corrected chi connectivity index (χ1v) is 6.60. The summed E-state index contributed by atoms with van der Waals surface area (Å²) in [5.74, 6) is -0.617. The van der Waals surface area contributed by atoms with E-state index in [0.29, 0.717) is 13.0 Å². The molecule has 0 N–H and O–H groups in total. The second-order valence-corrected chi connectivity index (χ2v) is 4.82. The maximum absolute atomic E-state index is 12.1. The highest BCUT2D eigenvalue weighted by molar-refractivity contribution is 6.04. The van der Waals surface area contributed by atoms with Crippen molar-refractivity contribution < 1.29 is 19.1 Å². The Kier molecular flexibility index (Phi) is 4.69. The second-order valence-electron chi connectivity index (χ2n) is 4.82. The lowest BCUT2D eigenvalue weighted by Crippen LogP contribution is -2.47. The van der Waals surface area contributed by atoms with Gasteiger partial charge in [-0.2, -0.15) is 0 Å². The van der Waals surface area contributed by atoms with Gasteiger partial charge in [-0.1, -0.05) is 42.5 Å². The van der Waals surface area contributed by atoms with Gasteiger partial charge in [0.15, 0.2) is 11.2 Å². The number of allylic oxidation sites excluding steroid dienone is 1. The predicted molar refractivity (Wildman–Crippen MR) is 75.0 cm³/mol. The molecule has 1 aromatic rings. The molecule has 0 radical (unpaired) electrons. The molecule has 0 amide bonds. The molecule has 1 saturated heterocycles. The lowest BCUT2D eigenvalue weighted by Gasteiger charge is -2.31. The van der Waals surface area contributed by atoms with Gasteiger partial charge in [0.1, 0.15) is 0 Å². The number of carbonyl (C=O) groups excluding carboxylic acids is 2. The van der Waals surface area contributed by atoms with Crippen LogP contribution >= 0.6 is 0 Å². The number of hydrogen-bond donors (Lipinski definition) is 0. The van der Waals surface area contributed by atoms with Gasteiger partial charge in [0.25, 0.3) is 0 Å². The molecule has 1 aliphatic rings. The minimum absolute atomic E-state index is 0.0949. The first-order chi connectivity index (χ1) is 9.69. The Morgan fingerprint density at radius 3 is 2.80 bits per heavy atom. The van der Waals surface area contributed by atoms with Crippen LogP contribution in [-0.4, -0.2) is 32.1 Å². The number of rotatable bonds is 4. The van der Waals surface area contributed by atoms with Crippen LogP contribution in [0.2, 0.25) is 0 Å². The summed E-state index contributed by atoms with van der Waals surface area (Å²) in [7, 11) is 1.30. The van der Waals surface area contributed by atoms with Gasteiger partial charge >= 0.3 is 5.97 Å². The minimum atomic E-state index is -1.18. The maximum atomic E-state index is 12.1. The molecule has 1 aromatic carbocycles. The molecule has 1 aliphatic heterocycles. The van der Waals surface area contributed by atoms with Crippen LogP contribution in [0.4, 0.5) is 0 Å². The van der Waals surface area contributed by atoms with Crippen LogP contribution < -0.4 is 0 Å². The van der Waals surface area contributed by atoms with Gasteiger partial charge in [-0.25, -0.2) is 0 Å². The lowest BCUT2D eigenvalue weighted by atomic mass is 9.78. The molecule has 1 fully saturated rings. The average molecular weight is 274 g/mol. The van der Waals surface area contributed by atoms with Crippen molar-refractivity contribution in [3.63, 3.8) is 0 Å². The van der Waals surface area contributed by atoms with Gasteiger partial charge in [-0.15, -0.1) is 0 Å². The predicted octanol–water partition coefficient (Wildman–Crippen LogP) is 2.24. The Morgan fingerprint density at radius 2 is 2.15 bits per heavy atom. The van der Waals surface area contributed by atoms with Crippen LogP contribution in [0.5, 0.6) is 0 Å². The summed E-state index contributed by atoms with van der Waals surface area (Å²) in [6, 6.07) is 9.72. The lowest BCUT2D eigenvalue weighted by molar-refractivity contribution is -0.166. The molecule has 0 aromatic heterocycles. The van der Waals surface area contributed by atoms with E-state index < -0.39 is 11.4 Å². The molecule has 1 atom stereocenters. The van der Waals surface area contributed by atoms with E-state index in [1.807, 2.05) is 42.5 Å². The van der Waals surface area contributed by atoms with Gasteiger partial charge in [0.2, 0.25) is 0 Å². The fraction of sp³-hybridized carbons (Fsp3) is 0.375. The maximum Gasteiger partial charge on any atom is 0.322 e. The van der Waals surface area contributed by atoms with Crippen molar-refractivity contribution in [3.05, 3.63) is 42.0 Å². The van der Waals surface area contributed by atoms with E-state index >= 15 is 0 Å². The zero-order chi connectivity index (χ0) is 14.4. The standard InChI is InChI=1S/C16H18O4/c1-19-15(18)16(12-20-11-9-14(16)17)10-5-8-13-6-3-2-4-7-13/h2-8H,9-12H2,1H3/b8-5+/t16-/m0/s1. The monoisotopic (exact) mass is 274 g/mol. The summed E-state index contributed by atoms with van der Waals surface area (Å²) in [5.41, 5.74) is -0.158. The van der Waals surface area contributed by atoms with E-state index in [2.05, 4.69) is 0 Å². The van der Waals surface area contributed by atoms with Crippen molar-refractivity contribution in [2.75, 3.05) is 20.3 Å². The molecule has 2 rings (SSSR count). The van der Waals surface area contributed by atoms with Gasteiger partial charge in [0, 0.05) is 6.42 Å². The molecule has 106 valence electrons. The van der Waals surface area contributed by atoms with E-state index in [9.17, 15) is 9.59 Å². The molecule has 0 bridgehead atoms. The Morgan fingerprint density at radius 1 is 1.40 bits per heavy atom. The Labute approximate surface area is 118 Å². The summed E-state index contributed by atoms with van der Waals surface area (Å²) in [4.78, 5) is 24.1. The van der Waals surface area contributed by atoms with E-state index in [4.69, 9.17) is 9.47 Å². The smallest absolute Gasteiger partial charge is 0.322 e. The quantitative estimate of drug-likeness (QED) is 0.624. The number of ether oxygens (including phenoxy) is 2. The fourth-order valence-corrected chi connectivity index (χ4v) is 2.32. The third-order valence-electron chi connectivity index (χ3n) is 3.51. The fourth-order valence-electron chi connectivity index (χ4n) is 2.32. The van der Waals surface area contributed by atoms with Gasteiger partial charge in [-0.05, 0) is 12.0 Å². The number of methoxy groups -OCH3 is 1. The van der Waals surface area contributed by atoms with Crippen LogP contribution in [-0.2, 0) is 19.1 Å².